The second kappa shape index (κ2) is 11.2. The van der Waals surface area contributed by atoms with Gasteiger partial charge in [-0.25, -0.2) is 8.78 Å². The number of thiocarbonyl (C=S) groups is 1. The molecular weight excluding hydrogens is 420 g/mol. The highest BCUT2D eigenvalue weighted by Crippen LogP contribution is 2.24. The number of nitrogens with zero attached hydrogens (tertiary/aromatic N) is 1. The third-order valence-electron chi connectivity index (χ3n) is 4.85. The van der Waals surface area contributed by atoms with Gasteiger partial charge in [-0.1, -0.05) is 61.3 Å². The minimum atomic E-state index is -0.822. The number of unbranched alkanes of at least 4 members (excludes halogenated alkanes) is 2. The van der Waals surface area contributed by atoms with E-state index in [1.54, 1.807) is 0 Å². The Kier molecular flexibility index (Phi) is 8.07. The lowest BCUT2D eigenvalue weighted by atomic mass is 9.99. The molecule has 0 N–H and O–H groups in total. The molecule has 0 atom stereocenters. The number of aryl methyl sites for hydroxylation is 1. The fraction of sp³-hybridized carbons (Fsp3) is 0.179. The average Bonchev–Trinajstić information content (AvgIpc) is 2.79. The molecule has 0 saturated carbocycles. The Morgan fingerprint density at radius 2 is 1.53 bits per heavy atom. The number of rotatable bonds is 4. The number of hydrogen-bond donors (Lipinski definition) is 0. The Labute approximate surface area is 193 Å². The lowest BCUT2D eigenvalue weighted by Crippen LogP contribution is -1.88. The number of aliphatic imine (C=N–C) groups is 1. The van der Waals surface area contributed by atoms with Crippen LogP contribution in [0.15, 0.2) is 59.6 Å². The van der Waals surface area contributed by atoms with E-state index in [0.29, 0.717) is 0 Å². The van der Waals surface area contributed by atoms with E-state index < -0.39 is 17.3 Å². The van der Waals surface area contributed by atoms with Crippen molar-refractivity contribution < 1.29 is 8.78 Å². The van der Waals surface area contributed by atoms with Gasteiger partial charge in [0.15, 0.2) is 11.6 Å². The fourth-order valence-electron chi connectivity index (χ4n) is 3.09. The van der Waals surface area contributed by atoms with Gasteiger partial charge in [0, 0.05) is 23.1 Å². The summed E-state index contributed by atoms with van der Waals surface area (Å²) in [5.41, 5.74) is 4.69. The highest BCUT2D eigenvalue weighted by Gasteiger charge is 2.09. The summed E-state index contributed by atoms with van der Waals surface area (Å²) in [4.78, 5) is 3.40. The van der Waals surface area contributed by atoms with E-state index in [4.69, 9.17) is 0 Å². The molecule has 0 aromatic heterocycles. The van der Waals surface area contributed by atoms with Crippen LogP contribution in [0.25, 0.3) is 11.1 Å². The molecule has 3 aromatic rings. The molecule has 0 saturated heterocycles. The van der Waals surface area contributed by atoms with Crippen molar-refractivity contribution in [3.8, 4) is 34.8 Å². The number of halogens is 2. The Balaban J connectivity index is 1.79. The van der Waals surface area contributed by atoms with Crippen LogP contribution in [0.3, 0.4) is 0 Å². The Morgan fingerprint density at radius 1 is 0.844 bits per heavy atom. The predicted molar refractivity (Wildman–Crippen MR) is 130 cm³/mol. The topological polar surface area (TPSA) is 12.4 Å². The minimum absolute atomic E-state index is 0.224. The SMILES string of the molecule is CCCCC#Cc1ccc(-c2ccc(C#Cc3cc(F)c(N=C=S)c(F)c3)c(C)c2)cc1. The molecule has 3 aromatic carbocycles. The van der Waals surface area contributed by atoms with E-state index in [1.807, 2.05) is 42.4 Å². The Hall–Kier alpha value is -3.56. The van der Waals surface area contributed by atoms with Crippen LogP contribution in [0.4, 0.5) is 14.5 Å². The van der Waals surface area contributed by atoms with Gasteiger partial charge in [0.25, 0.3) is 0 Å². The van der Waals surface area contributed by atoms with Crippen molar-refractivity contribution in [2.24, 2.45) is 4.99 Å². The third kappa shape index (κ3) is 5.99. The standard InChI is InChI=1S/C28H21F2NS/c1-3-4-5-6-7-21-8-12-24(13-9-21)25-15-14-23(20(2)16-25)11-10-22-17-26(29)28(31-19-32)27(30)18-22/h8-9,12-18H,3-5H2,1-2H3. The van der Waals surface area contributed by atoms with E-state index in [1.165, 1.54) is 0 Å². The van der Waals surface area contributed by atoms with Crippen LogP contribution in [-0.4, -0.2) is 5.16 Å². The quantitative estimate of drug-likeness (QED) is 0.176. The maximum atomic E-state index is 14.0. The van der Waals surface area contributed by atoms with E-state index in [2.05, 4.69) is 59.9 Å². The van der Waals surface area contributed by atoms with Crippen LogP contribution >= 0.6 is 12.2 Å². The molecule has 0 spiro atoms. The van der Waals surface area contributed by atoms with Crippen molar-refractivity contribution >= 4 is 23.1 Å². The molecule has 0 amide bonds. The van der Waals surface area contributed by atoms with Crippen LogP contribution in [0.1, 0.15) is 48.4 Å². The van der Waals surface area contributed by atoms with Crippen LogP contribution in [0.2, 0.25) is 0 Å². The van der Waals surface area contributed by atoms with Crippen LogP contribution in [0, 0.1) is 42.2 Å². The average molecular weight is 442 g/mol. The Bertz CT molecular complexity index is 1270. The zero-order chi connectivity index (χ0) is 22.9. The first-order chi connectivity index (χ1) is 15.5. The first kappa shape index (κ1) is 23.1. The Morgan fingerprint density at radius 3 is 2.16 bits per heavy atom. The van der Waals surface area contributed by atoms with Gasteiger partial charge in [-0.05, 0) is 72.6 Å². The predicted octanol–water partition coefficient (Wildman–Crippen LogP) is 7.62. The van der Waals surface area contributed by atoms with Gasteiger partial charge in [0.2, 0.25) is 0 Å². The zero-order valence-electron chi connectivity index (χ0n) is 17.9. The number of benzene rings is 3. The molecule has 0 aliphatic heterocycles. The van der Waals surface area contributed by atoms with Gasteiger partial charge in [-0.15, -0.1) is 0 Å². The van der Waals surface area contributed by atoms with E-state index in [9.17, 15) is 8.78 Å². The summed E-state index contributed by atoms with van der Waals surface area (Å²) in [7, 11) is 0. The van der Waals surface area contributed by atoms with E-state index >= 15 is 0 Å². The molecule has 0 bridgehead atoms. The second-order valence-electron chi connectivity index (χ2n) is 7.25. The summed E-state index contributed by atoms with van der Waals surface area (Å²) in [5.74, 6) is 10.5. The highest BCUT2D eigenvalue weighted by atomic mass is 32.1. The first-order valence-electron chi connectivity index (χ1n) is 10.3. The van der Waals surface area contributed by atoms with Crippen molar-refractivity contribution in [3.63, 3.8) is 0 Å². The smallest absolute Gasteiger partial charge is 0.153 e. The van der Waals surface area contributed by atoms with Crippen molar-refractivity contribution in [2.45, 2.75) is 33.1 Å². The molecule has 158 valence electrons. The maximum Gasteiger partial charge on any atom is 0.153 e. The molecule has 0 unspecified atom stereocenters. The molecule has 0 aliphatic rings. The molecule has 0 heterocycles. The first-order valence-corrected chi connectivity index (χ1v) is 10.7. The third-order valence-corrected chi connectivity index (χ3v) is 4.94. The van der Waals surface area contributed by atoms with Crippen molar-refractivity contribution in [1.82, 2.24) is 0 Å². The second-order valence-corrected chi connectivity index (χ2v) is 7.44. The van der Waals surface area contributed by atoms with Gasteiger partial charge in [-0.2, -0.15) is 4.99 Å². The van der Waals surface area contributed by atoms with Gasteiger partial charge < -0.3 is 0 Å². The molecule has 1 nitrogen and oxygen atoms in total. The minimum Gasteiger partial charge on any atom is -0.204 e. The molecule has 0 aliphatic carbocycles. The molecule has 4 heteroatoms. The summed E-state index contributed by atoms with van der Waals surface area (Å²) in [6.45, 7) is 4.12. The van der Waals surface area contributed by atoms with Crippen LogP contribution < -0.4 is 0 Å². The number of hydrogen-bond acceptors (Lipinski definition) is 2. The molecule has 0 fully saturated rings. The van der Waals surface area contributed by atoms with Crippen LogP contribution in [0.5, 0.6) is 0 Å². The van der Waals surface area contributed by atoms with Gasteiger partial charge in [-0.3, -0.25) is 0 Å². The maximum absolute atomic E-state index is 14.0. The summed E-state index contributed by atoms with van der Waals surface area (Å²) in [5, 5.41) is 1.97. The lowest BCUT2D eigenvalue weighted by Gasteiger charge is -2.05. The van der Waals surface area contributed by atoms with E-state index in [-0.39, 0.29) is 5.56 Å². The van der Waals surface area contributed by atoms with Crippen LogP contribution in [-0.2, 0) is 0 Å². The van der Waals surface area contributed by atoms with Crippen molar-refractivity contribution in [2.75, 3.05) is 0 Å². The summed E-state index contributed by atoms with van der Waals surface area (Å²) >= 11 is 4.41. The van der Waals surface area contributed by atoms with E-state index in [0.717, 1.165) is 59.2 Å². The summed E-state index contributed by atoms with van der Waals surface area (Å²) in [6, 6.07) is 16.4. The molecule has 3 rings (SSSR count). The summed E-state index contributed by atoms with van der Waals surface area (Å²) in [6.07, 6.45) is 3.19. The molecular formula is C28H21F2NS. The largest absolute Gasteiger partial charge is 0.204 e. The number of isothiocyanates is 1. The van der Waals surface area contributed by atoms with Crippen molar-refractivity contribution in [3.05, 3.63) is 88.5 Å². The van der Waals surface area contributed by atoms with Gasteiger partial charge >= 0.3 is 0 Å². The van der Waals surface area contributed by atoms with Gasteiger partial charge in [0.05, 0.1) is 5.16 Å². The lowest BCUT2D eigenvalue weighted by molar-refractivity contribution is 0.587. The summed E-state index contributed by atoms with van der Waals surface area (Å²) < 4.78 is 28.0. The fourth-order valence-corrected chi connectivity index (χ4v) is 3.18. The zero-order valence-corrected chi connectivity index (χ0v) is 18.7. The molecule has 32 heavy (non-hydrogen) atoms. The van der Waals surface area contributed by atoms with Gasteiger partial charge in [0.1, 0.15) is 5.69 Å². The monoisotopic (exact) mass is 441 g/mol. The molecule has 0 radical (unpaired) electrons. The normalized spacial score (nSPS) is 9.75. The van der Waals surface area contributed by atoms with Crippen molar-refractivity contribution in [1.29, 1.82) is 0 Å². The highest BCUT2D eigenvalue weighted by molar-refractivity contribution is 7.78.